The Morgan fingerprint density at radius 2 is 2.50 bits per heavy atom. The zero-order valence-electron chi connectivity index (χ0n) is 7.31. The van der Waals surface area contributed by atoms with Gasteiger partial charge in [-0.15, -0.1) is 23.1 Å². The van der Waals surface area contributed by atoms with Gasteiger partial charge in [-0.2, -0.15) is 5.26 Å². The van der Waals surface area contributed by atoms with E-state index in [-0.39, 0.29) is 5.49 Å². The van der Waals surface area contributed by atoms with E-state index < -0.39 is 0 Å². The van der Waals surface area contributed by atoms with Gasteiger partial charge in [0.2, 0.25) is 0 Å². The van der Waals surface area contributed by atoms with Crippen molar-refractivity contribution >= 4 is 28.1 Å². The zero-order chi connectivity index (χ0) is 10.1. The van der Waals surface area contributed by atoms with Crippen LogP contribution < -0.4 is 5.49 Å². The third-order valence-corrected chi connectivity index (χ3v) is 3.22. The Kier molecular flexibility index (Phi) is 2.27. The van der Waals surface area contributed by atoms with Gasteiger partial charge < -0.3 is 0 Å². The molecule has 1 N–H and O–H groups in total. The Balaban J connectivity index is 2.95. The highest BCUT2D eigenvalue weighted by molar-refractivity contribution is 7.98. The fourth-order valence-electron chi connectivity index (χ4n) is 1.14. The predicted octanol–water partition coefficient (Wildman–Crippen LogP) is 1.47. The lowest BCUT2D eigenvalue weighted by Gasteiger charge is -2.00. The molecule has 0 unspecified atom stereocenters. The van der Waals surface area contributed by atoms with E-state index >= 15 is 0 Å². The van der Waals surface area contributed by atoms with Crippen molar-refractivity contribution in [2.45, 2.75) is 5.03 Å². The van der Waals surface area contributed by atoms with Crippen molar-refractivity contribution in [3.8, 4) is 6.07 Å². The number of thioether (sulfide) groups is 1. The van der Waals surface area contributed by atoms with Gasteiger partial charge in [0.05, 0.1) is 0 Å². The molecule has 0 atom stereocenters. The molecule has 14 heavy (non-hydrogen) atoms. The van der Waals surface area contributed by atoms with Crippen LogP contribution in [-0.4, -0.2) is 15.6 Å². The van der Waals surface area contributed by atoms with Crippen LogP contribution in [0.15, 0.2) is 16.6 Å². The maximum atomic E-state index is 8.89. The molecule has 0 aliphatic rings. The number of nitrogens with one attached hydrogen (secondary N) is 1. The maximum Gasteiger partial charge on any atom is 0.196 e. The van der Waals surface area contributed by atoms with Crippen LogP contribution in [0, 0.1) is 16.7 Å². The minimum absolute atomic E-state index is 0.211. The summed E-state index contributed by atoms with van der Waals surface area (Å²) < 4.78 is 1.61. The van der Waals surface area contributed by atoms with Crippen molar-refractivity contribution in [1.29, 1.82) is 10.7 Å². The van der Waals surface area contributed by atoms with Gasteiger partial charge in [-0.3, -0.25) is 9.81 Å². The number of fused-ring (bicyclic) bond motifs is 1. The van der Waals surface area contributed by atoms with Gasteiger partial charge in [0.1, 0.15) is 16.7 Å². The van der Waals surface area contributed by atoms with E-state index in [4.69, 9.17) is 10.7 Å². The van der Waals surface area contributed by atoms with Crippen LogP contribution in [0.1, 0.15) is 5.56 Å². The van der Waals surface area contributed by atoms with Gasteiger partial charge in [0, 0.05) is 11.6 Å². The van der Waals surface area contributed by atoms with Gasteiger partial charge in [-0.05, 0) is 6.26 Å². The van der Waals surface area contributed by atoms with E-state index in [1.807, 2.05) is 17.7 Å². The van der Waals surface area contributed by atoms with Crippen molar-refractivity contribution in [1.82, 2.24) is 9.38 Å². The number of hydrogen-bond acceptors (Lipinski definition) is 5. The lowest BCUT2D eigenvalue weighted by Crippen LogP contribution is -2.17. The molecule has 6 heteroatoms. The van der Waals surface area contributed by atoms with Gasteiger partial charge >= 0.3 is 0 Å². The van der Waals surface area contributed by atoms with Crippen LogP contribution in [-0.2, 0) is 0 Å². The number of rotatable bonds is 1. The highest BCUT2D eigenvalue weighted by Gasteiger charge is 2.09. The van der Waals surface area contributed by atoms with Crippen molar-refractivity contribution < 1.29 is 0 Å². The van der Waals surface area contributed by atoms with Crippen molar-refractivity contribution in [2.75, 3.05) is 6.26 Å². The van der Waals surface area contributed by atoms with E-state index in [1.54, 1.807) is 10.6 Å². The average molecular weight is 222 g/mol. The van der Waals surface area contributed by atoms with Gasteiger partial charge in [0.15, 0.2) is 10.4 Å². The zero-order valence-corrected chi connectivity index (χ0v) is 8.95. The molecule has 2 aromatic heterocycles. The number of hydrogen-bond donors (Lipinski definition) is 1. The quantitative estimate of drug-likeness (QED) is 0.587. The first-order chi connectivity index (χ1) is 6.77. The molecule has 2 aromatic rings. The summed E-state index contributed by atoms with van der Waals surface area (Å²) in [5.41, 5.74) is 0.552. The van der Waals surface area contributed by atoms with Crippen LogP contribution >= 0.6 is 23.1 Å². The molecule has 0 fully saturated rings. The fourth-order valence-corrected chi connectivity index (χ4v) is 2.43. The molecule has 0 bridgehead atoms. The number of aromatic nitrogens is 2. The Labute approximate surface area is 88.4 Å². The first kappa shape index (κ1) is 9.24. The summed E-state index contributed by atoms with van der Waals surface area (Å²) in [6.07, 6.45) is 3.60. The second-order valence-electron chi connectivity index (χ2n) is 2.51. The fraction of sp³-hybridized carbons (Fsp3) is 0.125. The molecule has 4 nitrogen and oxygen atoms in total. The normalized spacial score (nSPS) is 10.3. The molecular formula is C8H6N4S2. The van der Waals surface area contributed by atoms with E-state index in [2.05, 4.69) is 4.98 Å². The monoisotopic (exact) mass is 222 g/mol. The summed E-state index contributed by atoms with van der Waals surface area (Å²) in [6.45, 7) is 0. The van der Waals surface area contributed by atoms with E-state index in [9.17, 15) is 0 Å². The Bertz CT molecular complexity index is 575. The molecule has 70 valence electrons. The molecule has 0 spiro atoms. The van der Waals surface area contributed by atoms with Crippen LogP contribution in [0.2, 0.25) is 0 Å². The SMILES string of the molecule is CSc1nc2sccn2c(=N)c1C#N. The van der Waals surface area contributed by atoms with E-state index in [0.29, 0.717) is 10.6 Å². The maximum absolute atomic E-state index is 8.89. The van der Waals surface area contributed by atoms with Gasteiger partial charge in [-0.1, -0.05) is 0 Å². The standard InChI is InChI=1S/C8H6N4S2/c1-13-7-5(4-9)6(10)12-2-3-14-8(12)11-7/h2-3,10H,1H3. The topological polar surface area (TPSA) is 64.9 Å². The van der Waals surface area contributed by atoms with Crippen LogP contribution in [0.3, 0.4) is 0 Å². The third-order valence-electron chi connectivity index (χ3n) is 1.78. The first-order valence-corrected chi connectivity index (χ1v) is 5.87. The smallest absolute Gasteiger partial charge is 0.196 e. The summed E-state index contributed by atoms with van der Waals surface area (Å²) in [4.78, 5) is 5.04. The lowest BCUT2D eigenvalue weighted by atomic mass is 10.4. The second-order valence-corrected chi connectivity index (χ2v) is 4.18. The molecular weight excluding hydrogens is 216 g/mol. The summed E-state index contributed by atoms with van der Waals surface area (Å²) in [7, 11) is 0. The van der Waals surface area contributed by atoms with E-state index in [0.717, 1.165) is 4.96 Å². The van der Waals surface area contributed by atoms with Crippen LogP contribution in [0.5, 0.6) is 0 Å². The second kappa shape index (κ2) is 3.44. The highest BCUT2D eigenvalue weighted by Crippen LogP contribution is 2.16. The summed E-state index contributed by atoms with van der Waals surface area (Å²) in [5, 5.41) is 19.2. The molecule has 0 aliphatic carbocycles. The largest absolute Gasteiger partial charge is 0.283 e. The summed E-state index contributed by atoms with van der Waals surface area (Å²) in [6, 6.07) is 2.01. The molecule has 0 saturated carbocycles. The molecule has 0 amide bonds. The first-order valence-electron chi connectivity index (χ1n) is 3.76. The number of nitrogens with zero attached hydrogens (tertiary/aromatic N) is 3. The molecule has 0 radical (unpaired) electrons. The molecule has 0 aliphatic heterocycles. The summed E-state index contributed by atoms with van der Waals surface area (Å²) >= 11 is 2.85. The van der Waals surface area contributed by atoms with Gasteiger partial charge in [0.25, 0.3) is 0 Å². The highest BCUT2D eigenvalue weighted by atomic mass is 32.2. The van der Waals surface area contributed by atoms with Crippen molar-refractivity contribution in [3.63, 3.8) is 0 Å². The number of thiazole rings is 1. The van der Waals surface area contributed by atoms with Crippen molar-refractivity contribution in [2.24, 2.45) is 0 Å². The Morgan fingerprint density at radius 3 is 3.14 bits per heavy atom. The van der Waals surface area contributed by atoms with Crippen LogP contribution in [0.25, 0.3) is 4.96 Å². The summed E-state index contributed by atoms with van der Waals surface area (Å²) in [5.74, 6) is 0. The minimum atomic E-state index is 0.211. The number of nitriles is 1. The lowest BCUT2D eigenvalue weighted by molar-refractivity contribution is 0.934. The molecule has 2 heterocycles. The molecule has 0 saturated heterocycles. The minimum Gasteiger partial charge on any atom is -0.283 e. The molecule has 2 rings (SSSR count). The van der Waals surface area contributed by atoms with Gasteiger partial charge in [-0.25, -0.2) is 4.98 Å². The Morgan fingerprint density at radius 1 is 1.71 bits per heavy atom. The predicted molar refractivity (Wildman–Crippen MR) is 55.4 cm³/mol. The van der Waals surface area contributed by atoms with Crippen molar-refractivity contribution in [3.05, 3.63) is 22.6 Å². The van der Waals surface area contributed by atoms with E-state index in [1.165, 1.54) is 23.1 Å². The Hall–Kier alpha value is -1.32. The van der Waals surface area contributed by atoms with Crippen LogP contribution in [0.4, 0.5) is 0 Å². The molecule has 0 aromatic carbocycles. The third kappa shape index (κ3) is 1.22. The average Bonchev–Trinajstić information content (AvgIpc) is 2.65.